The Morgan fingerprint density at radius 1 is 1.48 bits per heavy atom. The van der Waals surface area contributed by atoms with Gasteiger partial charge in [-0.05, 0) is 26.7 Å². The molecule has 0 radical (unpaired) electrons. The lowest BCUT2D eigenvalue weighted by Crippen LogP contribution is -2.29. The Bertz CT molecular complexity index is 544. The normalized spacial score (nSPS) is 11.2. The molecule has 2 N–H and O–H groups in total. The summed E-state index contributed by atoms with van der Waals surface area (Å²) in [6.07, 6.45) is 4.27. The Morgan fingerprint density at radius 2 is 2.19 bits per heavy atom. The van der Waals surface area contributed by atoms with E-state index in [1.165, 1.54) is 4.68 Å². The van der Waals surface area contributed by atoms with Crippen molar-refractivity contribution in [1.29, 1.82) is 5.26 Å². The number of rotatable bonds is 8. The summed E-state index contributed by atoms with van der Waals surface area (Å²) in [4.78, 5) is 13.9. The number of likely N-dealkylation sites (N-methyl/N-ethyl adjacent to an activating group) is 1. The van der Waals surface area contributed by atoms with E-state index in [0.717, 1.165) is 24.9 Å². The zero-order valence-corrected chi connectivity index (χ0v) is 13.2. The van der Waals surface area contributed by atoms with Gasteiger partial charge in [0.05, 0.1) is 23.4 Å². The molecule has 116 valence electrons. The van der Waals surface area contributed by atoms with E-state index in [1.54, 1.807) is 12.3 Å². The molecule has 0 saturated heterocycles. The number of anilines is 1. The Balaban J connectivity index is 2.54. The van der Waals surface area contributed by atoms with Gasteiger partial charge in [-0.15, -0.1) is 0 Å². The van der Waals surface area contributed by atoms with Gasteiger partial charge in [-0.3, -0.25) is 4.79 Å². The van der Waals surface area contributed by atoms with Gasteiger partial charge in [0, 0.05) is 32.7 Å². The second kappa shape index (κ2) is 7.79. The average molecular weight is 291 g/mol. The van der Waals surface area contributed by atoms with E-state index in [2.05, 4.69) is 11.2 Å². The molecule has 1 heterocycles. The third kappa shape index (κ3) is 5.56. The molecular weight excluding hydrogens is 266 g/mol. The van der Waals surface area contributed by atoms with Crippen molar-refractivity contribution in [2.75, 3.05) is 25.0 Å². The molecule has 0 fully saturated rings. The number of hydrogen-bond acceptors (Lipinski definition) is 5. The first kappa shape index (κ1) is 17.2. The van der Waals surface area contributed by atoms with Crippen LogP contribution in [0.15, 0.2) is 17.1 Å². The van der Waals surface area contributed by atoms with Crippen LogP contribution in [0.3, 0.4) is 0 Å². The van der Waals surface area contributed by atoms with E-state index in [-0.39, 0.29) is 11.0 Å². The molecule has 0 spiro atoms. The largest absolute Gasteiger partial charge is 0.372 e. The molecule has 1 rings (SSSR count). The predicted molar refractivity (Wildman–Crippen MR) is 84.1 cm³/mol. The number of nitrogens with zero attached hydrogens (tertiary/aromatic N) is 4. The number of aryl methyl sites for hydroxylation is 1. The highest BCUT2D eigenvalue weighted by Gasteiger charge is 2.15. The summed E-state index contributed by atoms with van der Waals surface area (Å²) < 4.78 is 1.47. The van der Waals surface area contributed by atoms with Crippen LogP contribution in [-0.2, 0) is 6.54 Å². The zero-order chi connectivity index (χ0) is 15.9. The van der Waals surface area contributed by atoms with Crippen LogP contribution in [0.4, 0.5) is 5.69 Å². The van der Waals surface area contributed by atoms with Gasteiger partial charge in [0.2, 0.25) is 0 Å². The highest BCUT2D eigenvalue weighted by atomic mass is 16.1. The van der Waals surface area contributed by atoms with Gasteiger partial charge in [-0.25, -0.2) is 4.68 Å². The Morgan fingerprint density at radius 3 is 2.76 bits per heavy atom. The van der Waals surface area contributed by atoms with Crippen molar-refractivity contribution >= 4 is 5.69 Å². The van der Waals surface area contributed by atoms with Crippen LogP contribution in [0.1, 0.15) is 33.1 Å². The van der Waals surface area contributed by atoms with Crippen LogP contribution < -0.4 is 16.2 Å². The fourth-order valence-corrected chi connectivity index (χ4v) is 2.01. The number of hydrogen-bond donors (Lipinski definition) is 1. The average Bonchev–Trinajstić information content (AvgIpc) is 2.45. The van der Waals surface area contributed by atoms with Crippen LogP contribution in [-0.4, -0.2) is 29.9 Å². The maximum atomic E-state index is 12.0. The van der Waals surface area contributed by atoms with Gasteiger partial charge in [0.15, 0.2) is 0 Å². The second-order valence-corrected chi connectivity index (χ2v) is 5.94. The second-order valence-electron chi connectivity index (χ2n) is 5.94. The zero-order valence-electron chi connectivity index (χ0n) is 13.2. The highest BCUT2D eigenvalue weighted by molar-refractivity contribution is 5.41. The number of nitriles is 1. The number of unbranched alkanes of at least 4 members (excludes halogenated alkanes) is 1. The first-order chi connectivity index (χ1) is 9.89. The van der Waals surface area contributed by atoms with Crippen molar-refractivity contribution in [3.05, 3.63) is 22.6 Å². The summed E-state index contributed by atoms with van der Waals surface area (Å²) in [5.74, 6) is 0. The summed E-state index contributed by atoms with van der Waals surface area (Å²) in [5, 5.41) is 13.1. The molecule has 1 aromatic heterocycles. The first-order valence-electron chi connectivity index (χ1n) is 7.29. The van der Waals surface area contributed by atoms with Crippen molar-refractivity contribution in [2.45, 2.75) is 39.7 Å². The molecule has 0 atom stereocenters. The third-order valence-corrected chi connectivity index (χ3v) is 3.48. The Kier molecular flexibility index (Phi) is 6.38. The van der Waals surface area contributed by atoms with Gasteiger partial charge in [-0.2, -0.15) is 10.4 Å². The van der Waals surface area contributed by atoms with E-state index < -0.39 is 0 Å². The van der Waals surface area contributed by atoms with E-state index in [9.17, 15) is 4.79 Å². The van der Waals surface area contributed by atoms with Crippen LogP contribution in [0.5, 0.6) is 0 Å². The molecular formula is C15H25N5O. The Hall–Kier alpha value is -1.87. The molecule has 0 bridgehead atoms. The summed E-state index contributed by atoms with van der Waals surface area (Å²) in [5.41, 5.74) is 5.88. The lowest BCUT2D eigenvalue weighted by Gasteiger charge is -2.18. The van der Waals surface area contributed by atoms with E-state index >= 15 is 0 Å². The van der Waals surface area contributed by atoms with Gasteiger partial charge >= 0.3 is 0 Å². The van der Waals surface area contributed by atoms with Crippen LogP contribution in [0.25, 0.3) is 0 Å². The lowest BCUT2D eigenvalue weighted by atomic mass is 9.89. The van der Waals surface area contributed by atoms with Gasteiger partial charge in [0.25, 0.3) is 5.56 Å². The summed E-state index contributed by atoms with van der Waals surface area (Å²) in [6, 6.07) is 3.87. The topological polar surface area (TPSA) is 87.9 Å². The molecule has 0 aliphatic rings. The maximum Gasteiger partial charge on any atom is 0.268 e. The van der Waals surface area contributed by atoms with Crippen molar-refractivity contribution in [3.63, 3.8) is 0 Å². The molecule has 6 heteroatoms. The van der Waals surface area contributed by atoms with Crippen molar-refractivity contribution in [1.82, 2.24) is 9.78 Å². The molecule has 0 unspecified atom stereocenters. The Labute approximate surface area is 126 Å². The van der Waals surface area contributed by atoms with Crippen LogP contribution >= 0.6 is 0 Å². The van der Waals surface area contributed by atoms with E-state index in [1.807, 2.05) is 25.8 Å². The molecule has 6 nitrogen and oxygen atoms in total. The van der Waals surface area contributed by atoms with Gasteiger partial charge in [-0.1, -0.05) is 6.42 Å². The van der Waals surface area contributed by atoms with E-state index in [0.29, 0.717) is 19.6 Å². The fourth-order valence-electron chi connectivity index (χ4n) is 2.01. The summed E-state index contributed by atoms with van der Waals surface area (Å²) in [7, 11) is 1.89. The monoisotopic (exact) mass is 291 g/mol. The first-order valence-corrected chi connectivity index (χ1v) is 7.29. The molecule has 0 aliphatic carbocycles. The lowest BCUT2D eigenvalue weighted by molar-refractivity contribution is 0.408. The van der Waals surface area contributed by atoms with Gasteiger partial charge in [0.1, 0.15) is 0 Å². The van der Waals surface area contributed by atoms with Crippen molar-refractivity contribution in [3.8, 4) is 6.07 Å². The predicted octanol–water partition coefficient (Wildman–Crippen LogP) is 1.36. The number of aromatic nitrogens is 2. The summed E-state index contributed by atoms with van der Waals surface area (Å²) >= 11 is 0. The molecule has 1 aromatic rings. The summed E-state index contributed by atoms with van der Waals surface area (Å²) in [6.45, 7) is 5.67. The van der Waals surface area contributed by atoms with Gasteiger partial charge < -0.3 is 10.6 Å². The third-order valence-electron chi connectivity index (χ3n) is 3.48. The molecule has 0 saturated carbocycles. The standard InChI is InChI=1S/C15H25N5O/c1-15(2,12-17)6-4-5-8-20-14(21)10-13(11-18-20)19(3)9-7-16/h10-11H,4-9,16H2,1-3H3. The molecule has 21 heavy (non-hydrogen) atoms. The molecule has 0 amide bonds. The van der Waals surface area contributed by atoms with Crippen LogP contribution in [0, 0.1) is 16.7 Å². The molecule has 0 aromatic carbocycles. The smallest absolute Gasteiger partial charge is 0.268 e. The highest BCUT2D eigenvalue weighted by Crippen LogP contribution is 2.21. The van der Waals surface area contributed by atoms with E-state index in [4.69, 9.17) is 11.0 Å². The number of nitrogens with two attached hydrogens (primary N) is 1. The minimum Gasteiger partial charge on any atom is -0.372 e. The SMILES string of the molecule is CN(CCN)c1cnn(CCCCC(C)(C)C#N)c(=O)c1. The fraction of sp³-hybridized carbons (Fsp3) is 0.667. The van der Waals surface area contributed by atoms with Crippen molar-refractivity contribution < 1.29 is 0 Å². The minimum absolute atomic E-state index is 0.101. The molecule has 0 aliphatic heterocycles. The van der Waals surface area contributed by atoms with Crippen LogP contribution in [0.2, 0.25) is 0 Å². The maximum absolute atomic E-state index is 12.0. The van der Waals surface area contributed by atoms with Crippen molar-refractivity contribution in [2.24, 2.45) is 11.1 Å². The quantitative estimate of drug-likeness (QED) is 0.731. The minimum atomic E-state index is -0.298.